The van der Waals surface area contributed by atoms with Crippen LogP contribution in [0, 0.1) is 11.3 Å². The van der Waals surface area contributed by atoms with Gasteiger partial charge in [-0.3, -0.25) is 4.98 Å². The second kappa shape index (κ2) is 5.53. The molecule has 0 aliphatic carbocycles. The first kappa shape index (κ1) is 14.4. The van der Waals surface area contributed by atoms with Crippen LogP contribution in [0.5, 0.6) is 0 Å². The number of aromatic amines is 1. The molecule has 0 radical (unpaired) electrons. The summed E-state index contributed by atoms with van der Waals surface area (Å²) in [4.78, 5) is 16.9. The molecule has 122 valence electrons. The van der Waals surface area contributed by atoms with Crippen molar-refractivity contribution < 1.29 is 0 Å². The molecule has 5 rings (SSSR count). The van der Waals surface area contributed by atoms with Crippen LogP contribution < -0.4 is 5.32 Å². The first-order chi connectivity index (χ1) is 12.8. The van der Waals surface area contributed by atoms with E-state index >= 15 is 0 Å². The van der Waals surface area contributed by atoms with Crippen LogP contribution in [-0.2, 0) is 0 Å². The molecule has 0 atom stereocenters. The molecule has 6 nitrogen and oxygen atoms in total. The Morgan fingerprint density at radius 1 is 1.00 bits per heavy atom. The predicted molar refractivity (Wildman–Crippen MR) is 98.5 cm³/mol. The molecule has 6 heteroatoms. The number of rotatable bonds is 1. The molecule has 4 aromatic rings. The number of hydrogen-bond donors (Lipinski definition) is 2. The molecule has 0 saturated carbocycles. The lowest BCUT2D eigenvalue weighted by molar-refractivity contribution is 1.26. The second-order valence-corrected chi connectivity index (χ2v) is 5.95. The van der Waals surface area contributed by atoms with Crippen molar-refractivity contribution in [3.63, 3.8) is 0 Å². The van der Waals surface area contributed by atoms with E-state index in [2.05, 4.69) is 26.3 Å². The number of nitrogens with zero attached hydrogens (tertiary/aromatic N) is 4. The maximum atomic E-state index is 9.16. The van der Waals surface area contributed by atoms with Crippen LogP contribution >= 0.6 is 0 Å². The maximum Gasteiger partial charge on any atom is 0.139 e. The Balaban J connectivity index is 1.79. The molecule has 26 heavy (non-hydrogen) atoms. The summed E-state index contributed by atoms with van der Waals surface area (Å²) in [6, 6.07) is 15.4. The molecule has 0 bridgehead atoms. The molecular formula is C20H12N6. The normalized spacial score (nSPS) is 11.3. The number of nitriles is 1. The van der Waals surface area contributed by atoms with Gasteiger partial charge in [-0.15, -0.1) is 0 Å². The number of imidazole rings is 1. The molecule has 0 saturated heterocycles. The van der Waals surface area contributed by atoms with E-state index in [9.17, 15) is 0 Å². The van der Waals surface area contributed by atoms with Gasteiger partial charge in [0, 0.05) is 29.1 Å². The van der Waals surface area contributed by atoms with Crippen LogP contribution in [0.1, 0.15) is 5.56 Å². The molecule has 0 spiro atoms. The summed E-state index contributed by atoms with van der Waals surface area (Å²) in [5, 5.41) is 12.5. The highest BCUT2D eigenvalue weighted by Gasteiger charge is 2.23. The van der Waals surface area contributed by atoms with Gasteiger partial charge in [0.25, 0.3) is 0 Å². The minimum atomic E-state index is 0.599. The minimum Gasteiger partial charge on any atom is -0.338 e. The average molecular weight is 336 g/mol. The van der Waals surface area contributed by atoms with Gasteiger partial charge in [-0.1, -0.05) is 12.1 Å². The maximum absolute atomic E-state index is 9.16. The topological polar surface area (TPSA) is 90.3 Å². The summed E-state index contributed by atoms with van der Waals surface area (Å²) in [6.07, 6.45) is 5.28. The molecule has 0 amide bonds. The fourth-order valence-corrected chi connectivity index (χ4v) is 3.17. The van der Waals surface area contributed by atoms with Crippen molar-refractivity contribution in [3.05, 3.63) is 66.6 Å². The molecule has 4 heterocycles. The monoisotopic (exact) mass is 336 g/mol. The van der Waals surface area contributed by atoms with Gasteiger partial charge in [-0.25, -0.2) is 9.97 Å². The first-order valence-electron chi connectivity index (χ1n) is 8.11. The van der Waals surface area contributed by atoms with Crippen molar-refractivity contribution in [2.45, 2.75) is 0 Å². The summed E-state index contributed by atoms with van der Waals surface area (Å²) >= 11 is 0. The summed E-state index contributed by atoms with van der Waals surface area (Å²) < 4.78 is 0. The molecule has 0 fully saturated rings. The number of nitrogens with one attached hydrogen (secondary N) is 2. The van der Waals surface area contributed by atoms with Crippen molar-refractivity contribution in [3.8, 4) is 40.0 Å². The van der Waals surface area contributed by atoms with E-state index in [0.717, 1.165) is 39.6 Å². The number of fused-ring (bicyclic) bond motifs is 5. The Morgan fingerprint density at radius 2 is 1.96 bits per heavy atom. The molecule has 1 aliphatic rings. The summed E-state index contributed by atoms with van der Waals surface area (Å²) in [5.74, 6) is 1.45. The van der Waals surface area contributed by atoms with Gasteiger partial charge in [0.2, 0.25) is 0 Å². The highest BCUT2D eigenvalue weighted by molar-refractivity contribution is 5.95. The Bertz CT molecular complexity index is 1120. The number of anilines is 2. The van der Waals surface area contributed by atoms with Crippen LogP contribution in [0.4, 0.5) is 11.5 Å². The number of pyridine rings is 2. The van der Waals surface area contributed by atoms with Gasteiger partial charge in [-0.05, 0) is 30.3 Å². The summed E-state index contributed by atoms with van der Waals surface area (Å²) in [7, 11) is 0. The van der Waals surface area contributed by atoms with Crippen LogP contribution in [0.15, 0.2) is 61.1 Å². The number of hydrogen-bond acceptors (Lipinski definition) is 5. The van der Waals surface area contributed by atoms with Gasteiger partial charge in [0.05, 0.1) is 29.2 Å². The van der Waals surface area contributed by atoms with Crippen LogP contribution in [0.3, 0.4) is 0 Å². The zero-order chi connectivity index (χ0) is 17.5. The average Bonchev–Trinajstić information content (AvgIpc) is 3.09. The van der Waals surface area contributed by atoms with Crippen LogP contribution in [0.25, 0.3) is 33.9 Å². The Morgan fingerprint density at radius 3 is 2.88 bits per heavy atom. The van der Waals surface area contributed by atoms with Crippen molar-refractivity contribution in [1.29, 1.82) is 5.26 Å². The van der Waals surface area contributed by atoms with Gasteiger partial charge in [-0.2, -0.15) is 5.26 Å². The molecule has 1 aromatic carbocycles. The quantitative estimate of drug-likeness (QED) is 0.480. The third-order valence-electron chi connectivity index (χ3n) is 4.38. The lowest BCUT2D eigenvalue weighted by Gasteiger charge is -2.07. The van der Waals surface area contributed by atoms with E-state index in [1.165, 1.54) is 0 Å². The smallest absolute Gasteiger partial charge is 0.139 e. The number of benzene rings is 1. The fraction of sp³-hybridized carbons (Fsp3) is 0. The molecule has 1 aliphatic heterocycles. The Hall–Kier alpha value is -3.98. The van der Waals surface area contributed by atoms with Gasteiger partial charge in [0.15, 0.2) is 0 Å². The largest absolute Gasteiger partial charge is 0.338 e. The van der Waals surface area contributed by atoms with Gasteiger partial charge in [0.1, 0.15) is 17.3 Å². The standard InChI is InChI=1S/C20H12N6/c21-10-12-3-1-4-13(9-12)19-25-17-14-6-8-22-11-16(14)24-20-15(18(17)26-19)5-2-7-23-20/h1-9,11H,(H,23,24)(H,25,26). The SMILES string of the molecule is N#Cc1cccc(-c2nc3c([nH]2)-c2ccncc2Nc2ncccc2-3)c1. The van der Waals surface area contributed by atoms with Gasteiger partial charge < -0.3 is 10.3 Å². The highest BCUT2D eigenvalue weighted by atomic mass is 15.0. The van der Waals surface area contributed by atoms with E-state index < -0.39 is 0 Å². The van der Waals surface area contributed by atoms with Crippen molar-refractivity contribution >= 4 is 11.5 Å². The minimum absolute atomic E-state index is 0.599. The molecule has 3 aromatic heterocycles. The molecule has 2 N–H and O–H groups in total. The lowest BCUT2D eigenvalue weighted by Crippen LogP contribution is -1.95. The molecular weight excluding hydrogens is 324 g/mol. The lowest BCUT2D eigenvalue weighted by atomic mass is 10.1. The van der Waals surface area contributed by atoms with Gasteiger partial charge >= 0.3 is 0 Å². The number of H-pyrrole nitrogens is 1. The van der Waals surface area contributed by atoms with Crippen LogP contribution in [-0.4, -0.2) is 19.9 Å². The molecule has 0 unspecified atom stereocenters. The van der Waals surface area contributed by atoms with Crippen molar-refractivity contribution in [2.75, 3.05) is 5.32 Å². The summed E-state index contributed by atoms with van der Waals surface area (Å²) in [5.41, 5.74) is 5.95. The van der Waals surface area contributed by atoms with E-state index in [-0.39, 0.29) is 0 Å². The van der Waals surface area contributed by atoms with Crippen LogP contribution in [0.2, 0.25) is 0 Å². The number of aromatic nitrogens is 4. The zero-order valence-corrected chi connectivity index (χ0v) is 13.6. The fourth-order valence-electron chi connectivity index (χ4n) is 3.17. The van der Waals surface area contributed by atoms with E-state index in [1.807, 2.05) is 36.4 Å². The van der Waals surface area contributed by atoms with Crippen molar-refractivity contribution in [2.24, 2.45) is 0 Å². The third-order valence-corrected chi connectivity index (χ3v) is 4.38. The highest BCUT2D eigenvalue weighted by Crippen LogP contribution is 2.42. The third kappa shape index (κ3) is 2.15. The van der Waals surface area contributed by atoms with E-state index in [0.29, 0.717) is 11.4 Å². The van der Waals surface area contributed by atoms with Crippen molar-refractivity contribution in [1.82, 2.24) is 19.9 Å². The summed E-state index contributed by atoms with van der Waals surface area (Å²) in [6.45, 7) is 0. The van der Waals surface area contributed by atoms with E-state index in [4.69, 9.17) is 10.2 Å². The predicted octanol–water partition coefficient (Wildman–Crippen LogP) is 4.13. The van der Waals surface area contributed by atoms with E-state index in [1.54, 1.807) is 24.7 Å². The Kier molecular flexibility index (Phi) is 3.06. The first-order valence-corrected chi connectivity index (χ1v) is 8.11. The zero-order valence-electron chi connectivity index (χ0n) is 13.6. The Labute approximate surface area is 149 Å². The second-order valence-electron chi connectivity index (χ2n) is 5.95.